The van der Waals surface area contributed by atoms with Crippen molar-refractivity contribution in [1.29, 1.82) is 0 Å². The Bertz CT molecular complexity index is 752. The van der Waals surface area contributed by atoms with Crippen LogP contribution in [0.15, 0.2) is 41.0 Å². The molecular formula is C16H14F3NO5. The number of alkyl halides is 3. The zero-order valence-corrected chi connectivity index (χ0v) is 13.2. The fourth-order valence-corrected chi connectivity index (χ4v) is 1.86. The molecule has 1 N–H and O–H groups in total. The van der Waals surface area contributed by atoms with E-state index in [1.54, 1.807) is 6.92 Å². The highest BCUT2D eigenvalue weighted by Crippen LogP contribution is 2.24. The van der Waals surface area contributed by atoms with Gasteiger partial charge in [-0.2, -0.15) is 0 Å². The molecule has 0 aliphatic rings. The van der Waals surface area contributed by atoms with E-state index in [1.807, 2.05) is 0 Å². The number of amides is 1. The summed E-state index contributed by atoms with van der Waals surface area (Å²) in [5, 5.41) is 2.42. The van der Waals surface area contributed by atoms with Gasteiger partial charge >= 0.3 is 12.3 Å². The molecule has 1 aromatic carbocycles. The first-order valence-electron chi connectivity index (χ1n) is 7.07. The smallest absolute Gasteiger partial charge is 0.469 e. The van der Waals surface area contributed by atoms with E-state index in [4.69, 9.17) is 9.15 Å². The number of aryl methyl sites for hydroxylation is 1. The van der Waals surface area contributed by atoms with E-state index in [2.05, 4.69) is 10.1 Å². The first-order valence-corrected chi connectivity index (χ1v) is 7.07. The third kappa shape index (κ3) is 5.27. The van der Waals surface area contributed by atoms with Crippen molar-refractivity contribution in [2.75, 3.05) is 5.32 Å². The summed E-state index contributed by atoms with van der Waals surface area (Å²) in [5.74, 6) is -1.42. The van der Waals surface area contributed by atoms with E-state index in [-0.39, 0.29) is 11.3 Å². The quantitative estimate of drug-likeness (QED) is 0.826. The Kier molecular flexibility index (Phi) is 5.35. The lowest BCUT2D eigenvalue weighted by Crippen LogP contribution is -2.30. The summed E-state index contributed by atoms with van der Waals surface area (Å²) in [5.41, 5.74) is 0.426. The maximum atomic E-state index is 12.1. The Morgan fingerprint density at radius 1 is 1.16 bits per heavy atom. The van der Waals surface area contributed by atoms with Crippen LogP contribution in [-0.2, 0) is 9.53 Å². The molecule has 9 heteroatoms. The highest BCUT2D eigenvalue weighted by molar-refractivity contribution is 5.97. The Morgan fingerprint density at radius 2 is 1.80 bits per heavy atom. The van der Waals surface area contributed by atoms with Crippen molar-refractivity contribution in [3.05, 3.63) is 47.9 Å². The largest absolute Gasteiger partial charge is 0.573 e. The molecule has 1 aromatic heterocycles. The van der Waals surface area contributed by atoms with Crippen molar-refractivity contribution in [2.24, 2.45) is 0 Å². The van der Waals surface area contributed by atoms with Crippen molar-refractivity contribution in [1.82, 2.24) is 0 Å². The molecule has 0 radical (unpaired) electrons. The molecule has 0 aliphatic heterocycles. The fourth-order valence-electron chi connectivity index (χ4n) is 1.86. The van der Waals surface area contributed by atoms with Gasteiger partial charge < -0.3 is 19.2 Å². The number of nitrogens with one attached hydrogen (secondary N) is 1. The second-order valence-corrected chi connectivity index (χ2v) is 5.00. The average Bonchev–Trinajstić information content (AvgIpc) is 2.94. The van der Waals surface area contributed by atoms with Crippen LogP contribution in [0.1, 0.15) is 23.0 Å². The number of carbonyl (C=O) groups excluding carboxylic acids is 2. The van der Waals surface area contributed by atoms with Crippen molar-refractivity contribution in [3.63, 3.8) is 0 Å². The maximum absolute atomic E-state index is 12.1. The van der Waals surface area contributed by atoms with Gasteiger partial charge in [-0.25, -0.2) is 4.79 Å². The Morgan fingerprint density at radius 3 is 2.32 bits per heavy atom. The predicted octanol–water partition coefficient (Wildman–Crippen LogP) is 3.67. The number of esters is 1. The van der Waals surface area contributed by atoms with Gasteiger partial charge in [-0.05, 0) is 44.2 Å². The summed E-state index contributed by atoms with van der Waals surface area (Å²) in [6.45, 7) is 2.94. The molecule has 1 atom stereocenters. The predicted molar refractivity (Wildman–Crippen MR) is 80.1 cm³/mol. The third-order valence-corrected chi connectivity index (χ3v) is 3.09. The number of hydrogen-bond donors (Lipinski definition) is 1. The zero-order valence-electron chi connectivity index (χ0n) is 13.2. The van der Waals surface area contributed by atoms with Gasteiger partial charge in [-0.1, -0.05) is 0 Å². The van der Waals surface area contributed by atoms with Gasteiger partial charge in [0.15, 0.2) is 6.10 Å². The normalized spacial score (nSPS) is 12.4. The van der Waals surface area contributed by atoms with Crippen LogP contribution in [0.25, 0.3) is 0 Å². The molecule has 25 heavy (non-hydrogen) atoms. The molecule has 1 amide bonds. The number of ether oxygens (including phenoxy) is 2. The van der Waals surface area contributed by atoms with E-state index in [1.165, 1.54) is 31.4 Å². The Labute approximate surface area is 140 Å². The van der Waals surface area contributed by atoms with Crippen LogP contribution in [0.3, 0.4) is 0 Å². The lowest BCUT2D eigenvalue weighted by atomic mass is 10.2. The van der Waals surface area contributed by atoms with Gasteiger partial charge in [0.25, 0.3) is 5.91 Å². The second-order valence-electron chi connectivity index (χ2n) is 5.00. The second kappa shape index (κ2) is 7.29. The van der Waals surface area contributed by atoms with Crippen LogP contribution < -0.4 is 10.1 Å². The molecular weight excluding hydrogens is 343 g/mol. The molecule has 2 rings (SSSR count). The van der Waals surface area contributed by atoms with Crippen LogP contribution >= 0.6 is 0 Å². The Hall–Kier alpha value is -2.97. The molecule has 0 fully saturated rings. The van der Waals surface area contributed by atoms with Crippen molar-refractivity contribution in [2.45, 2.75) is 26.3 Å². The van der Waals surface area contributed by atoms with E-state index in [0.717, 1.165) is 12.1 Å². The van der Waals surface area contributed by atoms with Crippen LogP contribution in [0.4, 0.5) is 18.9 Å². The number of carbonyl (C=O) groups is 2. The first kappa shape index (κ1) is 18.4. The highest BCUT2D eigenvalue weighted by atomic mass is 19.4. The zero-order chi connectivity index (χ0) is 18.6. The minimum Gasteiger partial charge on any atom is -0.469 e. The molecule has 0 bridgehead atoms. The van der Waals surface area contributed by atoms with Crippen LogP contribution in [0.5, 0.6) is 5.75 Å². The lowest BCUT2D eigenvalue weighted by Gasteiger charge is -2.14. The molecule has 6 nitrogen and oxygen atoms in total. The number of halogens is 3. The standard InChI is InChI=1S/C16H14F3NO5/c1-9-13(7-8-23-9)15(22)24-10(2)14(21)20-11-3-5-12(6-4-11)25-16(17,18)19/h3-8,10H,1-2H3,(H,20,21)/t10-/m1/s1. The maximum Gasteiger partial charge on any atom is 0.573 e. The molecule has 0 aliphatic carbocycles. The van der Waals surface area contributed by atoms with Gasteiger partial charge in [0.2, 0.25) is 0 Å². The SMILES string of the molecule is Cc1occc1C(=O)O[C@H](C)C(=O)Nc1ccc(OC(F)(F)F)cc1. The molecule has 134 valence electrons. The first-order chi connectivity index (χ1) is 11.7. The van der Waals surface area contributed by atoms with Gasteiger partial charge in [-0.3, -0.25) is 4.79 Å². The van der Waals surface area contributed by atoms with E-state index < -0.39 is 30.1 Å². The third-order valence-electron chi connectivity index (χ3n) is 3.09. The number of furan rings is 1. The Balaban J connectivity index is 1.92. The average molecular weight is 357 g/mol. The molecule has 0 saturated carbocycles. The number of benzene rings is 1. The molecule has 1 heterocycles. The van der Waals surface area contributed by atoms with Crippen LogP contribution in [0, 0.1) is 6.92 Å². The van der Waals surface area contributed by atoms with Gasteiger partial charge in [0.1, 0.15) is 17.1 Å². The topological polar surface area (TPSA) is 77.8 Å². The number of hydrogen-bond acceptors (Lipinski definition) is 5. The molecule has 0 spiro atoms. The highest BCUT2D eigenvalue weighted by Gasteiger charge is 2.31. The fraction of sp³-hybridized carbons (Fsp3) is 0.250. The number of anilines is 1. The van der Waals surface area contributed by atoms with E-state index >= 15 is 0 Å². The monoisotopic (exact) mass is 357 g/mol. The summed E-state index contributed by atoms with van der Waals surface area (Å²) < 4.78 is 49.9. The van der Waals surface area contributed by atoms with E-state index in [0.29, 0.717) is 5.76 Å². The van der Waals surface area contributed by atoms with E-state index in [9.17, 15) is 22.8 Å². The summed E-state index contributed by atoms with van der Waals surface area (Å²) in [4.78, 5) is 23.9. The molecule has 0 saturated heterocycles. The van der Waals surface area contributed by atoms with Crippen molar-refractivity contribution in [3.8, 4) is 5.75 Å². The summed E-state index contributed by atoms with van der Waals surface area (Å²) in [6, 6.07) is 5.98. The van der Waals surface area contributed by atoms with Crippen molar-refractivity contribution < 1.29 is 36.7 Å². The van der Waals surface area contributed by atoms with Crippen molar-refractivity contribution >= 4 is 17.6 Å². The summed E-state index contributed by atoms with van der Waals surface area (Å²) >= 11 is 0. The molecule has 2 aromatic rings. The minimum atomic E-state index is -4.79. The van der Waals surface area contributed by atoms with Crippen LogP contribution in [0.2, 0.25) is 0 Å². The molecule has 0 unspecified atom stereocenters. The van der Waals surface area contributed by atoms with Crippen LogP contribution in [-0.4, -0.2) is 24.3 Å². The summed E-state index contributed by atoms with van der Waals surface area (Å²) in [6.07, 6.45) is -4.59. The van der Waals surface area contributed by atoms with Gasteiger partial charge in [-0.15, -0.1) is 13.2 Å². The van der Waals surface area contributed by atoms with Gasteiger partial charge in [0, 0.05) is 5.69 Å². The van der Waals surface area contributed by atoms with Gasteiger partial charge in [0.05, 0.1) is 6.26 Å². The number of rotatable bonds is 5. The lowest BCUT2D eigenvalue weighted by molar-refractivity contribution is -0.274. The minimum absolute atomic E-state index is 0.202. The summed E-state index contributed by atoms with van der Waals surface area (Å²) in [7, 11) is 0.